The second-order valence-electron chi connectivity index (χ2n) is 4.49. The number of nitriles is 1. The van der Waals surface area contributed by atoms with E-state index in [2.05, 4.69) is 21.5 Å². The number of anilines is 1. The minimum absolute atomic E-state index is 0.0328. The Morgan fingerprint density at radius 1 is 1.43 bits per heavy atom. The lowest BCUT2D eigenvalue weighted by Crippen LogP contribution is -2.13. The molecule has 6 nitrogen and oxygen atoms in total. The minimum atomic E-state index is -0.205. The Morgan fingerprint density at radius 3 is 3.05 bits per heavy atom. The second-order valence-corrected chi connectivity index (χ2v) is 5.44. The van der Waals surface area contributed by atoms with Crippen LogP contribution < -0.4 is 10.9 Å². The maximum atomic E-state index is 11.6. The summed E-state index contributed by atoms with van der Waals surface area (Å²) in [6.07, 6.45) is 1.47. The van der Waals surface area contributed by atoms with Crippen LogP contribution in [0.15, 0.2) is 41.3 Å². The van der Waals surface area contributed by atoms with Gasteiger partial charge in [0, 0.05) is 12.3 Å². The van der Waals surface area contributed by atoms with Crippen molar-refractivity contribution >= 4 is 21.4 Å². The molecule has 0 bridgehead atoms. The van der Waals surface area contributed by atoms with E-state index in [0.717, 1.165) is 5.56 Å². The monoisotopic (exact) mass is 297 g/mol. The number of nitrogens with zero attached hydrogens (tertiary/aromatic N) is 4. The van der Waals surface area contributed by atoms with Crippen LogP contribution >= 0.6 is 11.3 Å². The molecule has 0 spiro atoms. The summed E-state index contributed by atoms with van der Waals surface area (Å²) in [7, 11) is 0. The van der Waals surface area contributed by atoms with Crippen LogP contribution in [0.3, 0.4) is 0 Å². The Bertz CT molecular complexity index is 892. The highest BCUT2D eigenvalue weighted by Crippen LogP contribution is 2.23. The lowest BCUT2D eigenvalue weighted by Gasteiger charge is -2.12. The van der Waals surface area contributed by atoms with Gasteiger partial charge < -0.3 is 5.32 Å². The first kappa shape index (κ1) is 13.3. The first-order chi connectivity index (χ1) is 10.2. The van der Waals surface area contributed by atoms with Gasteiger partial charge in [-0.25, -0.2) is 4.98 Å². The van der Waals surface area contributed by atoms with E-state index >= 15 is 0 Å². The number of benzene rings is 1. The fourth-order valence-corrected chi connectivity index (χ4v) is 2.81. The predicted octanol–water partition coefficient (Wildman–Crippen LogP) is 2.20. The normalized spacial score (nSPS) is 12.0. The van der Waals surface area contributed by atoms with Crippen LogP contribution in [0, 0.1) is 11.3 Å². The molecule has 0 saturated heterocycles. The second kappa shape index (κ2) is 5.34. The maximum Gasteiger partial charge on any atom is 0.275 e. The standard InChI is InChI=1S/C14H11N5OS/c1-9(11-4-2-3-10(7-11)8-15)17-13-18-19-12(20)5-6-16-14(19)21-13/h2-7,9H,1H3,(H,17,18). The van der Waals surface area contributed by atoms with E-state index in [9.17, 15) is 4.79 Å². The van der Waals surface area contributed by atoms with Crippen LogP contribution in [-0.2, 0) is 0 Å². The van der Waals surface area contributed by atoms with Crippen molar-refractivity contribution in [1.29, 1.82) is 5.26 Å². The van der Waals surface area contributed by atoms with E-state index in [-0.39, 0.29) is 11.6 Å². The minimum Gasteiger partial charge on any atom is -0.354 e. The summed E-state index contributed by atoms with van der Waals surface area (Å²) in [5.41, 5.74) is 1.39. The van der Waals surface area contributed by atoms with Crippen LogP contribution in [0.2, 0.25) is 0 Å². The molecule has 0 amide bonds. The van der Waals surface area contributed by atoms with E-state index in [0.29, 0.717) is 15.7 Å². The van der Waals surface area contributed by atoms with Gasteiger partial charge in [-0.15, -0.1) is 5.10 Å². The molecule has 0 radical (unpaired) electrons. The molecule has 0 aliphatic carbocycles. The fourth-order valence-electron chi connectivity index (χ4n) is 1.95. The van der Waals surface area contributed by atoms with Gasteiger partial charge in [0.15, 0.2) is 0 Å². The molecule has 2 aromatic heterocycles. The first-order valence-corrected chi connectivity index (χ1v) is 7.10. The third-order valence-corrected chi connectivity index (χ3v) is 3.88. The van der Waals surface area contributed by atoms with Crippen molar-refractivity contribution in [2.75, 3.05) is 5.32 Å². The van der Waals surface area contributed by atoms with Gasteiger partial charge in [-0.05, 0) is 24.6 Å². The Morgan fingerprint density at radius 2 is 2.29 bits per heavy atom. The van der Waals surface area contributed by atoms with E-state index in [1.54, 1.807) is 6.07 Å². The summed E-state index contributed by atoms with van der Waals surface area (Å²) < 4.78 is 1.27. The highest BCUT2D eigenvalue weighted by atomic mass is 32.1. The topological polar surface area (TPSA) is 83.1 Å². The number of aromatic nitrogens is 3. The van der Waals surface area contributed by atoms with Crippen molar-refractivity contribution < 1.29 is 0 Å². The number of hydrogen-bond acceptors (Lipinski definition) is 6. The van der Waals surface area contributed by atoms with Gasteiger partial charge in [-0.3, -0.25) is 4.79 Å². The highest BCUT2D eigenvalue weighted by molar-refractivity contribution is 7.20. The summed E-state index contributed by atoms with van der Waals surface area (Å²) in [6.45, 7) is 1.97. The van der Waals surface area contributed by atoms with Crippen LogP contribution in [-0.4, -0.2) is 14.6 Å². The molecule has 0 aliphatic heterocycles. The third-order valence-electron chi connectivity index (χ3n) is 3.03. The van der Waals surface area contributed by atoms with Crippen LogP contribution in [0.5, 0.6) is 0 Å². The van der Waals surface area contributed by atoms with Crippen LogP contribution in [0.25, 0.3) is 4.96 Å². The molecule has 7 heteroatoms. The number of fused-ring (bicyclic) bond motifs is 1. The molecular weight excluding hydrogens is 286 g/mol. The molecule has 3 rings (SSSR count). The van der Waals surface area contributed by atoms with Crippen LogP contribution in [0.1, 0.15) is 24.1 Å². The van der Waals surface area contributed by atoms with E-state index in [1.807, 2.05) is 25.1 Å². The molecule has 104 valence electrons. The average molecular weight is 297 g/mol. The number of hydrogen-bond donors (Lipinski definition) is 1. The van der Waals surface area contributed by atoms with Gasteiger partial charge in [0.05, 0.1) is 17.7 Å². The van der Waals surface area contributed by atoms with Gasteiger partial charge >= 0.3 is 0 Å². The van der Waals surface area contributed by atoms with Crippen LogP contribution in [0.4, 0.5) is 5.13 Å². The highest BCUT2D eigenvalue weighted by Gasteiger charge is 2.11. The quantitative estimate of drug-likeness (QED) is 0.801. The Kier molecular flexibility index (Phi) is 3.38. The molecule has 1 N–H and O–H groups in total. The molecule has 2 heterocycles. The van der Waals surface area contributed by atoms with Crippen molar-refractivity contribution in [3.8, 4) is 6.07 Å². The van der Waals surface area contributed by atoms with Crippen molar-refractivity contribution in [3.63, 3.8) is 0 Å². The smallest absolute Gasteiger partial charge is 0.275 e. The molecular formula is C14H11N5OS. The average Bonchev–Trinajstić information content (AvgIpc) is 2.91. The molecule has 1 atom stereocenters. The van der Waals surface area contributed by atoms with Gasteiger partial charge in [0.1, 0.15) is 0 Å². The zero-order valence-electron chi connectivity index (χ0n) is 11.1. The number of rotatable bonds is 3. The summed E-state index contributed by atoms with van der Waals surface area (Å²) >= 11 is 1.31. The SMILES string of the molecule is CC(Nc1nn2c(=O)ccnc2s1)c1cccc(C#N)c1. The lowest BCUT2D eigenvalue weighted by atomic mass is 10.1. The third kappa shape index (κ3) is 2.61. The van der Waals surface area contributed by atoms with E-state index in [4.69, 9.17) is 5.26 Å². The van der Waals surface area contributed by atoms with Crippen molar-refractivity contribution in [2.24, 2.45) is 0 Å². The van der Waals surface area contributed by atoms with Gasteiger partial charge in [-0.1, -0.05) is 23.5 Å². The molecule has 3 aromatic rings. The van der Waals surface area contributed by atoms with Crippen molar-refractivity contribution in [3.05, 3.63) is 58.0 Å². The van der Waals surface area contributed by atoms with Crippen molar-refractivity contribution in [2.45, 2.75) is 13.0 Å². The molecule has 21 heavy (non-hydrogen) atoms. The summed E-state index contributed by atoms with van der Waals surface area (Å²) in [5.74, 6) is 0. The van der Waals surface area contributed by atoms with Gasteiger partial charge in [0.2, 0.25) is 10.1 Å². The Balaban J connectivity index is 1.89. The lowest BCUT2D eigenvalue weighted by molar-refractivity contribution is 0.847. The van der Waals surface area contributed by atoms with E-state index in [1.165, 1.54) is 28.1 Å². The molecule has 0 saturated carbocycles. The number of nitrogens with one attached hydrogen (secondary N) is 1. The van der Waals surface area contributed by atoms with Gasteiger partial charge in [-0.2, -0.15) is 9.78 Å². The molecule has 0 aliphatic rings. The maximum absolute atomic E-state index is 11.6. The zero-order chi connectivity index (χ0) is 14.8. The zero-order valence-corrected chi connectivity index (χ0v) is 12.0. The summed E-state index contributed by atoms with van der Waals surface area (Å²) in [4.78, 5) is 16.3. The summed E-state index contributed by atoms with van der Waals surface area (Å²) in [5, 5.41) is 17.0. The largest absolute Gasteiger partial charge is 0.354 e. The molecule has 1 unspecified atom stereocenters. The molecule has 0 fully saturated rings. The molecule has 1 aromatic carbocycles. The summed E-state index contributed by atoms with van der Waals surface area (Å²) in [6, 6.07) is 10.8. The predicted molar refractivity (Wildman–Crippen MR) is 80.3 cm³/mol. The Labute approximate surface area is 124 Å². The fraction of sp³-hybridized carbons (Fsp3) is 0.143. The van der Waals surface area contributed by atoms with Crippen molar-refractivity contribution in [1.82, 2.24) is 14.6 Å². The van der Waals surface area contributed by atoms with Gasteiger partial charge in [0.25, 0.3) is 5.56 Å². The van der Waals surface area contributed by atoms with E-state index < -0.39 is 0 Å². The first-order valence-electron chi connectivity index (χ1n) is 6.29. The Hall–Kier alpha value is -2.72.